The Kier molecular flexibility index (Phi) is 8.50. The number of carbonyl (C=O) groups is 2. The number of hydrogen-bond donors (Lipinski definition) is 2. The lowest BCUT2D eigenvalue weighted by Gasteiger charge is -2.34. The SMILES string of the molecule is CC(=O)Nc1ccc(S[C@H](C)C(=O)NCCS(=O)(=O)N2C[C@@H](C)O[C@@H](C)C2)cc1. The van der Waals surface area contributed by atoms with Crippen molar-refractivity contribution in [1.29, 1.82) is 0 Å². The highest BCUT2D eigenvalue weighted by atomic mass is 32.2. The van der Waals surface area contributed by atoms with E-state index in [0.29, 0.717) is 18.8 Å². The van der Waals surface area contributed by atoms with Gasteiger partial charge >= 0.3 is 0 Å². The predicted octanol–water partition coefficient (Wildman–Crippen LogP) is 1.68. The molecule has 0 bridgehead atoms. The second kappa shape index (κ2) is 10.4. The number of nitrogens with one attached hydrogen (secondary N) is 2. The Labute approximate surface area is 176 Å². The van der Waals surface area contributed by atoms with Gasteiger partial charge in [0.15, 0.2) is 0 Å². The highest BCUT2D eigenvalue weighted by Gasteiger charge is 2.30. The third-order valence-corrected chi connectivity index (χ3v) is 7.21. The van der Waals surface area contributed by atoms with Crippen molar-refractivity contribution < 1.29 is 22.7 Å². The van der Waals surface area contributed by atoms with Gasteiger partial charge in [-0.1, -0.05) is 0 Å². The Morgan fingerprint density at radius 1 is 1.21 bits per heavy atom. The van der Waals surface area contributed by atoms with Gasteiger partial charge in [0.1, 0.15) is 0 Å². The Morgan fingerprint density at radius 3 is 2.34 bits per heavy atom. The summed E-state index contributed by atoms with van der Waals surface area (Å²) in [5, 5.41) is 5.01. The number of benzene rings is 1. The van der Waals surface area contributed by atoms with E-state index in [1.807, 2.05) is 26.0 Å². The van der Waals surface area contributed by atoms with Crippen LogP contribution in [0.4, 0.5) is 5.69 Å². The lowest BCUT2D eigenvalue weighted by molar-refractivity contribution is -0.120. The number of thioether (sulfide) groups is 1. The Hall–Kier alpha value is -1.62. The van der Waals surface area contributed by atoms with E-state index in [4.69, 9.17) is 4.74 Å². The van der Waals surface area contributed by atoms with Gasteiger partial charge in [0, 0.05) is 37.1 Å². The molecule has 2 amide bonds. The van der Waals surface area contributed by atoms with Crippen molar-refractivity contribution in [3.8, 4) is 0 Å². The van der Waals surface area contributed by atoms with Crippen LogP contribution in [-0.4, -0.2) is 67.4 Å². The molecule has 2 rings (SSSR count). The molecule has 1 aliphatic heterocycles. The van der Waals surface area contributed by atoms with Gasteiger partial charge in [-0.3, -0.25) is 9.59 Å². The monoisotopic (exact) mass is 443 g/mol. The number of rotatable bonds is 8. The van der Waals surface area contributed by atoms with Crippen LogP contribution in [0.1, 0.15) is 27.7 Å². The van der Waals surface area contributed by atoms with Crippen LogP contribution in [0.5, 0.6) is 0 Å². The molecule has 0 saturated carbocycles. The lowest BCUT2D eigenvalue weighted by atomic mass is 10.3. The van der Waals surface area contributed by atoms with Gasteiger partial charge in [-0.15, -0.1) is 11.8 Å². The molecule has 0 radical (unpaired) electrons. The molecule has 1 aromatic rings. The maximum Gasteiger partial charge on any atom is 0.233 e. The molecule has 0 spiro atoms. The first-order chi connectivity index (χ1) is 13.6. The van der Waals surface area contributed by atoms with Crippen molar-refractivity contribution >= 4 is 39.3 Å². The van der Waals surface area contributed by atoms with Crippen LogP contribution in [0.2, 0.25) is 0 Å². The molecule has 1 aromatic carbocycles. The second-order valence-electron chi connectivity index (χ2n) is 7.15. The standard InChI is InChI=1S/C19H29N3O5S2/c1-13-11-22(12-14(2)27-13)29(25,26)10-9-20-19(24)15(3)28-18-7-5-17(6-8-18)21-16(4)23/h5-8,13-15H,9-12H2,1-4H3,(H,20,24)(H,21,23)/t13-,14+,15-/m1/s1. The van der Waals surface area contributed by atoms with E-state index in [9.17, 15) is 18.0 Å². The third kappa shape index (κ3) is 7.61. The van der Waals surface area contributed by atoms with Crippen LogP contribution < -0.4 is 10.6 Å². The maximum atomic E-state index is 12.5. The van der Waals surface area contributed by atoms with Gasteiger partial charge in [-0.2, -0.15) is 4.31 Å². The summed E-state index contributed by atoms with van der Waals surface area (Å²) in [6.45, 7) is 7.64. The van der Waals surface area contributed by atoms with Crippen molar-refractivity contribution in [2.24, 2.45) is 0 Å². The number of morpholine rings is 1. The van der Waals surface area contributed by atoms with E-state index < -0.39 is 10.0 Å². The molecule has 1 saturated heterocycles. The zero-order valence-electron chi connectivity index (χ0n) is 17.2. The summed E-state index contributed by atoms with van der Waals surface area (Å²) in [7, 11) is -3.45. The number of sulfonamides is 1. The van der Waals surface area contributed by atoms with Gasteiger partial charge in [-0.25, -0.2) is 8.42 Å². The number of nitrogens with zero attached hydrogens (tertiary/aromatic N) is 1. The van der Waals surface area contributed by atoms with Crippen molar-refractivity contribution in [2.75, 3.05) is 30.7 Å². The topological polar surface area (TPSA) is 105 Å². The van der Waals surface area contributed by atoms with E-state index in [0.717, 1.165) is 4.90 Å². The van der Waals surface area contributed by atoms with Crippen molar-refractivity contribution in [3.63, 3.8) is 0 Å². The first-order valence-corrected chi connectivity index (χ1v) is 12.0. The molecule has 29 heavy (non-hydrogen) atoms. The normalized spacial score (nSPS) is 21.4. The summed E-state index contributed by atoms with van der Waals surface area (Å²) in [6.07, 6.45) is -0.284. The van der Waals surface area contributed by atoms with Gasteiger partial charge in [0.05, 0.1) is 23.2 Å². The minimum atomic E-state index is -3.45. The van der Waals surface area contributed by atoms with E-state index in [2.05, 4.69) is 10.6 Å². The summed E-state index contributed by atoms with van der Waals surface area (Å²) < 4.78 is 32.0. The highest BCUT2D eigenvalue weighted by Crippen LogP contribution is 2.24. The molecule has 1 fully saturated rings. The molecular formula is C19H29N3O5S2. The minimum absolute atomic E-state index is 0.0631. The zero-order chi connectivity index (χ0) is 21.6. The van der Waals surface area contributed by atoms with E-state index in [-0.39, 0.29) is 41.6 Å². The van der Waals surface area contributed by atoms with Crippen molar-refractivity contribution in [3.05, 3.63) is 24.3 Å². The number of ether oxygens (including phenoxy) is 1. The summed E-state index contributed by atoms with van der Waals surface area (Å²) in [6, 6.07) is 7.19. The smallest absolute Gasteiger partial charge is 0.233 e. The second-order valence-corrected chi connectivity index (χ2v) is 10.6. The number of anilines is 1. The maximum absolute atomic E-state index is 12.5. The fourth-order valence-corrected chi connectivity index (χ4v) is 5.40. The minimum Gasteiger partial charge on any atom is -0.373 e. The molecule has 3 atom stereocenters. The summed E-state index contributed by atoms with van der Waals surface area (Å²) >= 11 is 1.36. The molecule has 0 aromatic heterocycles. The van der Waals surface area contributed by atoms with E-state index >= 15 is 0 Å². The summed E-state index contributed by atoms with van der Waals surface area (Å²) in [5.74, 6) is -0.505. The molecule has 0 unspecified atom stereocenters. The van der Waals surface area contributed by atoms with Gasteiger partial charge in [0.25, 0.3) is 0 Å². The quantitative estimate of drug-likeness (QED) is 0.593. The molecule has 8 nitrogen and oxygen atoms in total. The first-order valence-electron chi connectivity index (χ1n) is 9.52. The fourth-order valence-electron chi connectivity index (χ4n) is 3.01. The van der Waals surface area contributed by atoms with E-state index in [1.165, 1.54) is 23.0 Å². The average molecular weight is 444 g/mol. The summed E-state index contributed by atoms with van der Waals surface area (Å²) in [5.41, 5.74) is 0.691. The molecule has 2 N–H and O–H groups in total. The number of amides is 2. The molecule has 162 valence electrons. The van der Waals surface area contributed by atoms with Gasteiger partial charge in [-0.05, 0) is 45.0 Å². The summed E-state index contributed by atoms with van der Waals surface area (Å²) in [4.78, 5) is 24.2. The number of carbonyl (C=O) groups excluding carboxylic acids is 2. The molecule has 10 heteroatoms. The molecule has 0 aliphatic carbocycles. The van der Waals surface area contributed by atoms with Gasteiger partial charge < -0.3 is 15.4 Å². The predicted molar refractivity (Wildman–Crippen MR) is 114 cm³/mol. The zero-order valence-corrected chi connectivity index (χ0v) is 18.8. The fraction of sp³-hybridized carbons (Fsp3) is 0.579. The lowest BCUT2D eigenvalue weighted by Crippen LogP contribution is -2.49. The van der Waals surface area contributed by atoms with Crippen molar-refractivity contribution in [1.82, 2.24) is 9.62 Å². The van der Waals surface area contributed by atoms with Crippen LogP contribution in [0.3, 0.4) is 0 Å². The Balaban J connectivity index is 1.80. The Morgan fingerprint density at radius 2 is 1.79 bits per heavy atom. The molecule has 1 heterocycles. The first kappa shape index (κ1) is 23.7. The van der Waals surface area contributed by atoms with Crippen LogP contribution in [0.15, 0.2) is 29.2 Å². The van der Waals surface area contributed by atoms with Crippen LogP contribution in [0, 0.1) is 0 Å². The third-order valence-electron chi connectivity index (χ3n) is 4.30. The van der Waals surface area contributed by atoms with Crippen LogP contribution in [0.25, 0.3) is 0 Å². The van der Waals surface area contributed by atoms with Gasteiger partial charge in [0.2, 0.25) is 21.8 Å². The number of hydrogen-bond acceptors (Lipinski definition) is 6. The van der Waals surface area contributed by atoms with E-state index in [1.54, 1.807) is 19.1 Å². The Bertz CT molecular complexity index is 804. The van der Waals surface area contributed by atoms with Crippen LogP contribution >= 0.6 is 11.8 Å². The molecular weight excluding hydrogens is 414 g/mol. The van der Waals surface area contributed by atoms with Crippen molar-refractivity contribution in [2.45, 2.75) is 50.0 Å². The molecule has 1 aliphatic rings. The highest BCUT2D eigenvalue weighted by molar-refractivity contribution is 8.00. The largest absolute Gasteiger partial charge is 0.373 e. The van der Waals surface area contributed by atoms with Crippen LogP contribution in [-0.2, 0) is 24.3 Å². The average Bonchev–Trinajstić information content (AvgIpc) is 2.61.